The molecule has 0 saturated heterocycles. The van der Waals surface area contributed by atoms with Crippen LogP contribution in [0.4, 0.5) is 4.39 Å². The molecule has 2 aromatic carbocycles. The Hall–Kier alpha value is -2.07. The third kappa shape index (κ3) is 2.79. The average molecular weight is 301 g/mol. The van der Waals surface area contributed by atoms with Crippen LogP contribution < -0.4 is 14.8 Å². The van der Waals surface area contributed by atoms with Crippen molar-refractivity contribution in [1.29, 1.82) is 0 Å². The lowest BCUT2D eigenvalue weighted by molar-refractivity contribution is 0.309. The van der Waals surface area contributed by atoms with E-state index in [9.17, 15) is 4.39 Å². The lowest BCUT2D eigenvalue weighted by Gasteiger charge is -2.28. The molecule has 116 valence electrons. The van der Waals surface area contributed by atoms with Gasteiger partial charge in [-0.15, -0.1) is 0 Å². The third-order valence-corrected chi connectivity index (χ3v) is 3.98. The number of halogens is 1. The maximum atomic E-state index is 13.1. The number of fused-ring (bicyclic) bond motifs is 1. The van der Waals surface area contributed by atoms with Crippen molar-refractivity contribution in [3.63, 3.8) is 0 Å². The summed E-state index contributed by atoms with van der Waals surface area (Å²) in [5.74, 6) is 1.30. The molecule has 1 aliphatic heterocycles. The molecule has 1 aliphatic rings. The van der Waals surface area contributed by atoms with E-state index in [2.05, 4.69) is 11.4 Å². The lowest BCUT2D eigenvalue weighted by atomic mass is 9.89. The highest BCUT2D eigenvalue weighted by Gasteiger charge is 2.23. The average Bonchev–Trinajstić information content (AvgIpc) is 2.55. The number of nitrogens with one attached hydrogen (secondary N) is 1. The zero-order valence-corrected chi connectivity index (χ0v) is 12.9. The second kappa shape index (κ2) is 6.36. The standard InChI is InChI=1S/C18H20FNO2/c1-3-22-17-10-13-8-9-20-18(15(13)11-16(17)21-2)12-4-6-14(19)7-5-12/h4-7,10-11,18,20H,3,8-9H2,1-2H3/t18-/m0/s1. The van der Waals surface area contributed by atoms with Gasteiger partial charge in [-0.2, -0.15) is 0 Å². The molecular formula is C18H20FNO2. The number of ether oxygens (including phenoxy) is 2. The Morgan fingerprint density at radius 2 is 1.95 bits per heavy atom. The van der Waals surface area contributed by atoms with Crippen molar-refractivity contribution in [3.05, 3.63) is 58.9 Å². The minimum absolute atomic E-state index is 0.0499. The van der Waals surface area contributed by atoms with Gasteiger partial charge in [-0.05, 0) is 54.3 Å². The first-order valence-electron chi connectivity index (χ1n) is 7.55. The van der Waals surface area contributed by atoms with Crippen LogP contribution in [0.1, 0.15) is 29.7 Å². The Morgan fingerprint density at radius 1 is 1.18 bits per heavy atom. The molecule has 3 rings (SSSR count). The summed E-state index contributed by atoms with van der Waals surface area (Å²) in [6, 6.07) is 10.8. The molecule has 1 heterocycles. The molecule has 1 N–H and O–H groups in total. The van der Waals surface area contributed by atoms with Gasteiger partial charge in [0.15, 0.2) is 11.5 Å². The maximum Gasteiger partial charge on any atom is 0.161 e. The molecule has 3 nitrogen and oxygen atoms in total. The van der Waals surface area contributed by atoms with Crippen LogP contribution in [0.25, 0.3) is 0 Å². The SMILES string of the molecule is CCOc1cc2c(cc1OC)[C@H](c1ccc(F)cc1)NCC2. The Bertz CT molecular complexity index is 655. The van der Waals surface area contributed by atoms with Gasteiger partial charge in [0.25, 0.3) is 0 Å². The van der Waals surface area contributed by atoms with Gasteiger partial charge >= 0.3 is 0 Å². The Balaban J connectivity index is 2.03. The van der Waals surface area contributed by atoms with Crippen LogP contribution in [0.2, 0.25) is 0 Å². The van der Waals surface area contributed by atoms with E-state index in [1.165, 1.54) is 17.7 Å². The first-order valence-corrected chi connectivity index (χ1v) is 7.55. The molecule has 0 fully saturated rings. The van der Waals surface area contributed by atoms with E-state index < -0.39 is 0 Å². The summed E-state index contributed by atoms with van der Waals surface area (Å²) in [7, 11) is 1.65. The molecular weight excluding hydrogens is 281 g/mol. The summed E-state index contributed by atoms with van der Waals surface area (Å²) >= 11 is 0. The summed E-state index contributed by atoms with van der Waals surface area (Å²) in [6.45, 7) is 3.45. The van der Waals surface area contributed by atoms with E-state index in [4.69, 9.17) is 9.47 Å². The zero-order chi connectivity index (χ0) is 15.5. The van der Waals surface area contributed by atoms with Crippen molar-refractivity contribution in [2.45, 2.75) is 19.4 Å². The van der Waals surface area contributed by atoms with Crippen molar-refractivity contribution in [3.8, 4) is 11.5 Å². The highest BCUT2D eigenvalue weighted by Crippen LogP contribution is 2.37. The molecule has 22 heavy (non-hydrogen) atoms. The molecule has 0 bridgehead atoms. The van der Waals surface area contributed by atoms with Crippen molar-refractivity contribution < 1.29 is 13.9 Å². The topological polar surface area (TPSA) is 30.5 Å². The molecule has 0 spiro atoms. The number of hydrogen-bond acceptors (Lipinski definition) is 3. The van der Waals surface area contributed by atoms with Crippen molar-refractivity contribution in [2.24, 2.45) is 0 Å². The van der Waals surface area contributed by atoms with Crippen LogP contribution in [-0.2, 0) is 6.42 Å². The Morgan fingerprint density at radius 3 is 2.64 bits per heavy atom. The summed E-state index contributed by atoms with van der Waals surface area (Å²) in [4.78, 5) is 0. The predicted molar refractivity (Wildman–Crippen MR) is 84.1 cm³/mol. The van der Waals surface area contributed by atoms with Crippen LogP contribution in [0, 0.1) is 5.82 Å². The zero-order valence-electron chi connectivity index (χ0n) is 12.9. The predicted octanol–water partition coefficient (Wildman–Crippen LogP) is 3.47. The van der Waals surface area contributed by atoms with E-state index in [1.807, 2.05) is 25.1 Å². The first-order chi connectivity index (χ1) is 10.7. The van der Waals surface area contributed by atoms with Gasteiger partial charge in [0.2, 0.25) is 0 Å². The summed E-state index contributed by atoms with van der Waals surface area (Å²) in [5.41, 5.74) is 3.46. The van der Waals surface area contributed by atoms with E-state index in [0.29, 0.717) is 6.61 Å². The summed E-state index contributed by atoms with van der Waals surface area (Å²) in [5, 5.41) is 3.49. The molecule has 0 amide bonds. The van der Waals surface area contributed by atoms with Crippen LogP contribution in [0.3, 0.4) is 0 Å². The van der Waals surface area contributed by atoms with Gasteiger partial charge in [0.1, 0.15) is 5.82 Å². The monoisotopic (exact) mass is 301 g/mol. The minimum Gasteiger partial charge on any atom is -0.493 e. The van der Waals surface area contributed by atoms with Crippen LogP contribution >= 0.6 is 0 Å². The Kier molecular flexibility index (Phi) is 4.29. The van der Waals surface area contributed by atoms with E-state index in [0.717, 1.165) is 35.6 Å². The van der Waals surface area contributed by atoms with E-state index in [1.54, 1.807) is 7.11 Å². The van der Waals surface area contributed by atoms with Crippen LogP contribution in [0.5, 0.6) is 11.5 Å². The highest BCUT2D eigenvalue weighted by molar-refractivity contribution is 5.51. The van der Waals surface area contributed by atoms with Gasteiger partial charge < -0.3 is 14.8 Å². The number of methoxy groups -OCH3 is 1. The molecule has 0 aliphatic carbocycles. The van der Waals surface area contributed by atoms with Crippen molar-refractivity contribution in [2.75, 3.05) is 20.3 Å². The number of benzene rings is 2. The molecule has 2 aromatic rings. The molecule has 0 aromatic heterocycles. The summed E-state index contributed by atoms with van der Waals surface area (Å²) < 4.78 is 24.3. The number of hydrogen-bond donors (Lipinski definition) is 1. The van der Waals surface area contributed by atoms with Gasteiger partial charge in [0.05, 0.1) is 19.8 Å². The van der Waals surface area contributed by atoms with Gasteiger partial charge in [-0.25, -0.2) is 4.39 Å². The normalized spacial score (nSPS) is 17.0. The van der Waals surface area contributed by atoms with Crippen LogP contribution in [0.15, 0.2) is 36.4 Å². The largest absolute Gasteiger partial charge is 0.493 e. The molecule has 0 radical (unpaired) electrons. The molecule has 1 atom stereocenters. The minimum atomic E-state index is -0.218. The van der Waals surface area contributed by atoms with Crippen LogP contribution in [-0.4, -0.2) is 20.3 Å². The van der Waals surface area contributed by atoms with Gasteiger partial charge in [-0.1, -0.05) is 12.1 Å². The fraction of sp³-hybridized carbons (Fsp3) is 0.333. The van der Waals surface area contributed by atoms with E-state index in [-0.39, 0.29) is 11.9 Å². The second-order valence-electron chi connectivity index (χ2n) is 5.32. The fourth-order valence-electron chi connectivity index (χ4n) is 2.94. The van der Waals surface area contributed by atoms with Gasteiger partial charge in [0, 0.05) is 6.54 Å². The molecule has 0 unspecified atom stereocenters. The summed E-state index contributed by atoms with van der Waals surface area (Å²) in [6.07, 6.45) is 0.942. The van der Waals surface area contributed by atoms with Gasteiger partial charge in [-0.3, -0.25) is 0 Å². The molecule has 4 heteroatoms. The Labute approximate surface area is 130 Å². The smallest absolute Gasteiger partial charge is 0.161 e. The number of rotatable bonds is 4. The molecule has 0 saturated carbocycles. The fourth-order valence-corrected chi connectivity index (χ4v) is 2.94. The van der Waals surface area contributed by atoms with Crippen molar-refractivity contribution >= 4 is 0 Å². The lowest BCUT2D eigenvalue weighted by Crippen LogP contribution is -2.30. The maximum absolute atomic E-state index is 13.1. The highest BCUT2D eigenvalue weighted by atomic mass is 19.1. The quantitative estimate of drug-likeness (QED) is 0.938. The second-order valence-corrected chi connectivity index (χ2v) is 5.32. The van der Waals surface area contributed by atoms with E-state index >= 15 is 0 Å². The first kappa shape index (κ1) is 14.9. The third-order valence-electron chi connectivity index (χ3n) is 3.98. The van der Waals surface area contributed by atoms with Crippen molar-refractivity contribution in [1.82, 2.24) is 5.32 Å².